The Balaban J connectivity index is 1.81. The molecule has 5 heteroatoms. The second-order valence-electron chi connectivity index (χ2n) is 5.76. The summed E-state index contributed by atoms with van der Waals surface area (Å²) in [4.78, 5) is 14.4. The topological polar surface area (TPSA) is 68.2 Å². The number of hydrogen-bond donors (Lipinski definition) is 2. The number of carbonyl (C=O) groups excluding carboxylic acids is 1. The minimum absolute atomic E-state index is 0.176. The first-order chi connectivity index (χ1) is 10.6. The van der Waals surface area contributed by atoms with Gasteiger partial charge >= 0.3 is 6.03 Å². The molecule has 0 radical (unpaired) electrons. The van der Waals surface area contributed by atoms with Crippen molar-refractivity contribution in [3.8, 4) is 6.07 Å². The highest BCUT2D eigenvalue weighted by atomic mass is 16.2. The van der Waals surface area contributed by atoms with E-state index in [1.165, 1.54) is 0 Å². The fraction of sp³-hybridized carbons (Fsp3) is 0.412. The molecule has 1 fully saturated rings. The number of carbonyl (C=O) groups is 1. The number of urea groups is 1. The summed E-state index contributed by atoms with van der Waals surface area (Å²) in [6.45, 7) is 8.82. The summed E-state index contributed by atoms with van der Waals surface area (Å²) in [5.74, 6) is 0. The van der Waals surface area contributed by atoms with Crippen molar-refractivity contribution in [2.24, 2.45) is 0 Å². The Hall–Kier alpha value is -2.32. The number of nitriles is 1. The van der Waals surface area contributed by atoms with Crippen molar-refractivity contribution in [1.29, 1.82) is 5.26 Å². The van der Waals surface area contributed by atoms with Gasteiger partial charge in [0.05, 0.1) is 11.3 Å². The summed E-state index contributed by atoms with van der Waals surface area (Å²) in [5, 5.41) is 14.8. The third-order valence-corrected chi connectivity index (χ3v) is 3.71. The Labute approximate surface area is 131 Å². The van der Waals surface area contributed by atoms with Crippen LogP contribution in [0.15, 0.2) is 36.4 Å². The van der Waals surface area contributed by atoms with E-state index in [-0.39, 0.29) is 12.1 Å². The SMILES string of the molecule is C=C(C)CN1CCC(NC(=O)Nc2ccccc2C#N)CC1. The first-order valence-electron chi connectivity index (χ1n) is 7.52. The number of nitrogens with one attached hydrogen (secondary N) is 2. The molecule has 1 aliphatic heterocycles. The zero-order valence-electron chi connectivity index (χ0n) is 12.9. The molecule has 0 unspecified atom stereocenters. The molecule has 22 heavy (non-hydrogen) atoms. The Morgan fingerprint density at radius 3 is 2.73 bits per heavy atom. The number of hydrogen-bond acceptors (Lipinski definition) is 3. The van der Waals surface area contributed by atoms with Crippen molar-refractivity contribution in [2.45, 2.75) is 25.8 Å². The third kappa shape index (κ3) is 4.61. The third-order valence-electron chi connectivity index (χ3n) is 3.71. The van der Waals surface area contributed by atoms with E-state index < -0.39 is 0 Å². The van der Waals surface area contributed by atoms with Gasteiger partial charge in [-0.1, -0.05) is 24.3 Å². The van der Waals surface area contributed by atoms with E-state index in [2.05, 4.69) is 28.2 Å². The van der Waals surface area contributed by atoms with Crippen molar-refractivity contribution in [3.05, 3.63) is 42.0 Å². The van der Waals surface area contributed by atoms with Crippen LogP contribution in [0.25, 0.3) is 0 Å². The minimum atomic E-state index is -0.249. The van der Waals surface area contributed by atoms with Crippen molar-refractivity contribution >= 4 is 11.7 Å². The van der Waals surface area contributed by atoms with Gasteiger partial charge in [0.2, 0.25) is 0 Å². The molecule has 0 bridgehead atoms. The number of likely N-dealkylation sites (tertiary alicyclic amines) is 1. The molecule has 2 N–H and O–H groups in total. The van der Waals surface area contributed by atoms with E-state index in [4.69, 9.17) is 5.26 Å². The van der Waals surface area contributed by atoms with Crippen LogP contribution in [0.4, 0.5) is 10.5 Å². The quantitative estimate of drug-likeness (QED) is 0.840. The molecule has 1 heterocycles. The first kappa shape index (κ1) is 16.1. The smallest absolute Gasteiger partial charge is 0.319 e. The molecule has 116 valence electrons. The molecule has 1 aromatic rings. The molecule has 1 saturated heterocycles. The van der Waals surface area contributed by atoms with Crippen molar-refractivity contribution in [2.75, 3.05) is 25.0 Å². The number of nitrogens with zero attached hydrogens (tertiary/aromatic N) is 2. The number of rotatable bonds is 4. The van der Waals surface area contributed by atoms with Gasteiger partial charge in [0, 0.05) is 25.7 Å². The van der Waals surface area contributed by atoms with E-state index in [0.29, 0.717) is 11.3 Å². The van der Waals surface area contributed by atoms with Gasteiger partial charge in [0.25, 0.3) is 0 Å². The normalized spacial score (nSPS) is 15.8. The van der Waals surface area contributed by atoms with E-state index in [0.717, 1.165) is 38.0 Å². The monoisotopic (exact) mass is 298 g/mol. The summed E-state index contributed by atoms with van der Waals surface area (Å²) in [7, 11) is 0. The highest BCUT2D eigenvalue weighted by Crippen LogP contribution is 2.15. The summed E-state index contributed by atoms with van der Waals surface area (Å²) in [5.41, 5.74) is 2.17. The van der Waals surface area contributed by atoms with Gasteiger partial charge in [-0.2, -0.15) is 5.26 Å². The molecule has 0 aromatic heterocycles. The van der Waals surface area contributed by atoms with Crippen LogP contribution >= 0.6 is 0 Å². The van der Waals surface area contributed by atoms with E-state index in [9.17, 15) is 4.79 Å². The standard InChI is InChI=1S/C17H22N4O/c1-13(2)12-21-9-7-15(8-10-21)19-17(22)20-16-6-4-3-5-14(16)11-18/h3-6,15H,1,7-10,12H2,2H3,(H2,19,20,22). The highest BCUT2D eigenvalue weighted by Gasteiger charge is 2.20. The van der Waals surface area contributed by atoms with Crippen molar-refractivity contribution < 1.29 is 4.79 Å². The lowest BCUT2D eigenvalue weighted by Gasteiger charge is -2.32. The van der Waals surface area contributed by atoms with E-state index in [1.807, 2.05) is 6.92 Å². The van der Waals surface area contributed by atoms with Crippen LogP contribution in [0.2, 0.25) is 0 Å². The zero-order valence-corrected chi connectivity index (χ0v) is 12.9. The van der Waals surface area contributed by atoms with Gasteiger partial charge in [-0.05, 0) is 31.9 Å². The summed E-state index contributed by atoms with van der Waals surface area (Å²) in [6, 6.07) is 8.99. The maximum Gasteiger partial charge on any atom is 0.319 e. The van der Waals surface area contributed by atoms with Gasteiger partial charge < -0.3 is 10.6 Å². The molecule has 0 aliphatic carbocycles. The molecule has 2 rings (SSSR count). The van der Waals surface area contributed by atoms with Crippen LogP contribution < -0.4 is 10.6 Å². The second-order valence-corrected chi connectivity index (χ2v) is 5.76. The molecular formula is C17H22N4O. The predicted molar refractivity (Wildman–Crippen MR) is 87.6 cm³/mol. The van der Waals surface area contributed by atoms with Gasteiger partial charge in [0.15, 0.2) is 0 Å². The summed E-state index contributed by atoms with van der Waals surface area (Å²) in [6.07, 6.45) is 1.86. The summed E-state index contributed by atoms with van der Waals surface area (Å²) >= 11 is 0. The van der Waals surface area contributed by atoms with Gasteiger partial charge in [0.1, 0.15) is 6.07 Å². The molecule has 5 nitrogen and oxygen atoms in total. The maximum atomic E-state index is 12.0. The van der Waals surface area contributed by atoms with E-state index in [1.54, 1.807) is 24.3 Å². The minimum Gasteiger partial charge on any atom is -0.335 e. The largest absolute Gasteiger partial charge is 0.335 e. The maximum absolute atomic E-state index is 12.0. The molecule has 0 atom stereocenters. The predicted octanol–water partition coefficient (Wildman–Crippen LogP) is 2.72. The molecule has 1 aliphatic rings. The molecule has 1 aromatic carbocycles. The van der Waals surface area contributed by atoms with Crippen LogP contribution in [-0.4, -0.2) is 36.6 Å². The highest BCUT2D eigenvalue weighted by molar-refractivity contribution is 5.90. The molecule has 0 saturated carbocycles. The number of benzene rings is 1. The molecular weight excluding hydrogens is 276 g/mol. The van der Waals surface area contributed by atoms with Crippen LogP contribution in [0.5, 0.6) is 0 Å². The average molecular weight is 298 g/mol. The molecule has 2 amide bonds. The van der Waals surface area contributed by atoms with Gasteiger partial charge in [-0.15, -0.1) is 0 Å². The number of anilines is 1. The fourth-order valence-electron chi connectivity index (χ4n) is 2.65. The second kappa shape index (κ2) is 7.62. The zero-order chi connectivity index (χ0) is 15.9. The lowest BCUT2D eigenvalue weighted by Crippen LogP contribution is -2.46. The van der Waals surface area contributed by atoms with Gasteiger partial charge in [-0.25, -0.2) is 4.79 Å². The van der Waals surface area contributed by atoms with E-state index >= 15 is 0 Å². The fourth-order valence-corrected chi connectivity index (χ4v) is 2.65. The van der Waals surface area contributed by atoms with Crippen LogP contribution in [-0.2, 0) is 0 Å². The summed E-state index contributed by atoms with van der Waals surface area (Å²) < 4.78 is 0. The van der Waals surface area contributed by atoms with Crippen LogP contribution in [0, 0.1) is 11.3 Å². The van der Waals surface area contributed by atoms with Crippen molar-refractivity contribution in [1.82, 2.24) is 10.2 Å². The van der Waals surface area contributed by atoms with Crippen molar-refractivity contribution in [3.63, 3.8) is 0 Å². The first-order valence-corrected chi connectivity index (χ1v) is 7.52. The average Bonchev–Trinajstić information content (AvgIpc) is 2.49. The number of piperidine rings is 1. The Kier molecular flexibility index (Phi) is 5.56. The lowest BCUT2D eigenvalue weighted by molar-refractivity contribution is 0.207. The Morgan fingerprint density at radius 2 is 2.09 bits per heavy atom. The number of para-hydroxylation sites is 1. The molecule has 0 spiro atoms. The number of amides is 2. The van der Waals surface area contributed by atoms with Gasteiger partial charge in [-0.3, -0.25) is 4.90 Å². The van der Waals surface area contributed by atoms with Crippen LogP contribution in [0.1, 0.15) is 25.3 Å². The lowest BCUT2D eigenvalue weighted by atomic mass is 10.0. The van der Waals surface area contributed by atoms with Crippen LogP contribution in [0.3, 0.4) is 0 Å². The Bertz CT molecular complexity index is 583. The Morgan fingerprint density at radius 1 is 1.41 bits per heavy atom.